The Kier molecular flexibility index (Phi) is 6.64. The summed E-state index contributed by atoms with van der Waals surface area (Å²) in [5, 5.41) is 2.65. The van der Waals surface area contributed by atoms with Crippen LogP contribution in [-0.2, 0) is 24.1 Å². The number of nitrogens with one attached hydrogen (secondary N) is 1. The van der Waals surface area contributed by atoms with Crippen molar-refractivity contribution >= 4 is 11.9 Å². The lowest BCUT2D eigenvalue weighted by Gasteiger charge is -2.25. The largest absolute Gasteiger partial charge is 0.496 e. The smallest absolute Gasteiger partial charge is 0.329 e. The minimum atomic E-state index is -0.922. The van der Waals surface area contributed by atoms with E-state index in [1.165, 1.54) is 35.5 Å². The van der Waals surface area contributed by atoms with Crippen LogP contribution in [0.1, 0.15) is 11.5 Å². The van der Waals surface area contributed by atoms with E-state index in [0.717, 1.165) is 0 Å². The summed E-state index contributed by atoms with van der Waals surface area (Å²) in [6, 6.07) is 2.39. The van der Waals surface area contributed by atoms with Crippen LogP contribution in [0.3, 0.4) is 0 Å². The number of benzene rings is 1. The first kappa shape index (κ1) is 19.8. The molecule has 9 heteroatoms. The fourth-order valence-corrected chi connectivity index (χ4v) is 3.13. The van der Waals surface area contributed by atoms with E-state index < -0.39 is 23.8 Å². The number of esters is 1. The molecule has 1 aromatic carbocycles. The normalized spacial score (nSPS) is 21.9. The first-order valence-electron chi connectivity index (χ1n) is 7.86. The molecule has 0 bridgehead atoms. The van der Waals surface area contributed by atoms with E-state index in [2.05, 4.69) is 10.2 Å². The zero-order chi connectivity index (χ0) is 19.3. The standard InChI is InChI=1S/C17H23NO8/c1-21-9-6-11(22-2)14(12(7-9)23-3)13-10(8-26-25-5)16(19)18-15(13)17(20)24-4/h6-7,10,13,15H,8H2,1-5H3,(H,18,19)/t10?,13-,15?/m0/s1. The van der Waals surface area contributed by atoms with Crippen LogP contribution in [-0.4, -0.2) is 60.1 Å². The lowest BCUT2D eigenvalue weighted by Crippen LogP contribution is -2.37. The van der Waals surface area contributed by atoms with Gasteiger partial charge in [-0.15, -0.1) is 0 Å². The Balaban J connectivity index is 2.61. The van der Waals surface area contributed by atoms with Crippen molar-refractivity contribution in [1.29, 1.82) is 0 Å². The summed E-state index contributed by atoms with van der Waals surface area (Å²) in [5.74, 6) is -0.959. The van der Waals surface area contributed by atoms with Crippen molar-refractivity contribution in [1.82, 2.24) is 5.32 Å². The average molecular weight is 369 g/mol. The molecule has 0 saturated carbocycles. The molecule has 0 aromatic heterocycles. The van der Waals surface area contributed by atoms with E-state index >= 15 is 0 Å². The number of hydrogen-bond donors (Lipinski definition) is 1. The molecule has 0 aliphatic carbocycles. The summed E-state index contributed by atoms with van der Waals surface area (Å²) in [4.78, 5) is 34.3. The molecule has 144 valence electrons. The third kappa shape index (κ3) is 3.68. The van der Waals surface area contributed by atoms with Crippen molar-refractivity contribution in [3.05, 3.63) is 17.7 Å². The molecule has 1 aliphatic rings. The van der Waals surface area contributed by atoms with Crippen LogP contribution >= 0.6 is 0 Å². The van der Waals surface area contributed by atoms with Crippen molar-refractivity contribution in [2.24, 2.45) is 5.92 Å². The van der Waals surface area contributed by atoms with E-state index in [0.29, 0.717) is 22.8 Å². The lowest BCUT2D eigenvalue weighted by molar-refractivity contribution is -0.278. The van der Waals surface area contributed by atoms with Gasteiger partial charge in [-0.05, 0) is 0 Å². The van der Waals surface area contributed by atoms with Gasteiger partial charge in [0.1, 0.15) is 23.3 Å². The average Bonchev–Trinajstić information content (AvgIpc) is 3.00. The summed E-state index contributed by atoms with van der Waals surface area (Å²) in [5.41, 5.74) is 0.536. The van der Waals surface area contributed by atoms with Gasteiger partial charge in [0, 0.05) is 23.6 Å². The predicted molar refractivity (Wildman–Crippen MR) is 89.2 cm³/mol. The second-order valence-corrected chi connectivity index (χ2v) is 5.54. The molecule has 3 atom stereocenters. The van der Waals surface area contributed by atoms with E-state index in [-0.39, 0.29) is 12.5 Å². The summed E-state index contributed by atoms with van der Waals surface area (Å²) < 4.78 is 21.0. The first-order chi connectivity index (χ1) is 12.5. The highest BCUT2D eigenvalue weighted by molar-refractivity contribution is 5.92. The van der Waals surface area contributed by atoms with E-state index in [9.17, 15) is 9.59 Å². The van der Waals surface area contributed by atoms with Gasteiger partial charge >= 0.3 is 5.97 Å². The Morgan fingerprint density at radius 1 is 1.04 bits per heavy atom. The Morgan fingerprint density at radius 2 is 1.65 bits per heavy atom. The fourth-order valence-electron chi connectivity index (χ4n) is 3.13. The van der Waals surface area contributed by atoms with Gasteiger partial charge in [-0.25, -0.2) is 14.6 Å². The molecule has 1 heterocycles. The molecular formula is C17H23NO8. The molecular weight excluding hydrogens is 346 g/mol. The van der Waals surface area contributed by atoms with E-state index in [1.807, 2.05) is 0 Å². The minimum absolute atomic E-state index is 0.0567. The molecule has 9 nitrogen and oxygen atoms in total. The highest BCUT2D eigenvalue weighted by atomic mass is 17.2. The molecule has 1 saturated heterocycles. The van der Waals surface area contributed by atoms with Crippen LogP contribution in [0.15, 0.2) is 12.1 Å². The number of carbonyl (C=O) groups excluding carboxylic acids is 2. The monoisotopic (exact) mass is 369 g/mol. The zero-order valence-electron chi connectivity index (χ0n) is 15.4. The number of hydrogen-bond acceptors (Lipinski definition) is 8. The van der Waals surface area contributed by atoms with E-state index in [4.69, 9.17) is 23.8 Å². The lowest BCUT2D eigenvalue weighted by atomic mass is 9.83. The van der Waals surface area contributed by atoms with Crippen LogP contribution < -0.4 is 19.5 Å². The zero-order valence-corrected chi connectivity index (χ0v) is 15.4. The molecule has 1 N–H and O–H groups in total. The number of ether oxygens (including phenoxy) is 4. The third-order valence-corrected chi connectivity index (χ3v) is 4.33. The van der Waals surface area contributed by atoms with Gasteiger partial charge in [-0.3, -0.25) is 4.79 Å². The van der Waals surface area contributed by atoms with Gasteiger partial charge in [0.15, 0.2) is 0 Å². The van der Waals surface area contributed by atoms with Gasteiger partial charge in [0.25, 0.3) is 0 Å². The van der Waals surface area contributed by atoms with Gasteiger partial charge in [0.2, 0.25) is 5.91 Å². The molecule has 1 amide bonds. The van der Waals surface area contributed by atoms with Crippen molar-refractivity contribution in [2.75, 3.05) is 42.2 Å². The highest BCUT2D eigenvalue weighted by Crippen LogP contribution is 2.46. The predicted octanol–water partition coefficient (Wildman–Crippen LogP) is 0.662. The molecule has 26 heavy (non-hydrogen) atoms. The SMILES string of the molecule is COOCC1C(=O)NC(C(=O)OC)[C@@H]1c1c(OC)cc(OC)cc1OC. The first-order valence-corrected chi connectivity index (χ1v) is 7.86. The second-order valence-electron chi connectivity index (χ2n) is 5.54. The van der Waals surface area contributed by atoms with Gasteiger partial charge in [-0.2, -0.15) is 0 Å². The molecule has 1 aliphatic heterocycles. The summed E-state index contributed by atoms with van der Waals surface area (Å²) in [6.45, 7) is -0.0567. The van der Waals surface area contributed by atoms with E-state index in [1.54, 1.807) is 12.1 Å². The highest BCUT2D eigenvalue weighted by Gasteiger charge is 2.49. The number of carbonyl (C=O) groups is 2. The molecule has 0 spiro atoms. The maximum Gasteiger partial charge on any atom is 0.329 e. The Bertz CT molecular complexity index is 637. The van der Waals surface area contributed by atoms with Crippen LogP contribution in [0.25, 0.3) is 0 Å². The van der Waals surface area contributed by atoms with Crippen LogP contribution in [0, 0.1) is 5.92 Å². The van der Waals surface area contributed by atoms with Crippen molar-refractivity contribution < 1.29 is 38.3 Å². The topological polar surface area (TPSA) is 102 Å². The molecule has 1 fully saturated rings. The minimum Gasteiger partial charge on any atom is -0.496 e. The van der Waals surface area contributed by atoms with Gasteiger partial charge in [-0.1, -0.05) is 0 Å². The van der Waals surface area contributed by atoms with Crippen LogP contribution in [0.4, 0.5) is 0 Å². The maximum atomic E-state index is 12.5. The van der Waals surface area contributed by atoms with Crippen molar-refractivity contribution in [3.8, 4) is 17.2 Å². The molecule has 2 unspecified atom stereocenters. The number of rotatable bonds is 8. The summed E-state index contributed by atoms with van der Waals surface area (Å²) >= 11 is 0. The summed E-state index contributed by atoms with van der Waals surface area (Å²) in [6.07, 6.45) is 0. The number of amides is 1. The molecule has 1 aromatic rings. The molecule has 2 rings (SSSR count). The fraction of sp³-hybridized carbons (Fsp3) is 0.529. The second kappa shape index (κ2) is 8.72. The Labute approximate surface area is 151 Å². The van der Waals surface area contributed by atoms with Crippen molar-refractivity contribution in [3.63, 3.8) is 0 Å². The van der Waals surface area contributed by atoms with Crippen LogP contribution in [0.2, 0.25) is 0 Å². The van der Waals surface area contributed by atoms with Crippen molar-refractivity contribution in [2.45, 2.75) is 12.0 Å². The van der Waals surface area contributed by atoms with Gasteiger partial charge in [0.05, 0.1) is 48.1 Å². The van der Waals surface area contributed by atoms with Crippen LogP contribution in [0.5, 0.6) is 17.2 Å². The number of methoxy groups -OCH3 is 4. The third-order valence-electron chi connectivity index (χ3n) is 4.33. The molecule has 0 radical (unpaired) electrons. The maximum absolute atomic E-state index is 12.5. The Morgan fingerprint density at radius 3 is 2.12 bits per heavy atom. The van der Waals surface area contributed by atoms with Gasteiger partial charge < -0.3 is 24.3 Å². The Hall–Kier alpha value is -2.52. The quantitative estimate of drug-likeness (QED) is 0.405. The summed E-state index contributed by atoms with van der Waals surface area (Å²) in [7, 11) is 7.08.